The maximum Gasteiger partial charge on any atom is 0.433 e. The van der Waals surface area contributed by atoms with Crippen LogP contribution in [-0.2, 0) is 15.8 Å². The number of hydrogen-bond donors (Lipinski definition) is 0. The summed E-state index contributed by atoms with van der Waals surface area (Å²) in [5.74, 6) is -3.41. The van der Waals surface area contributed by atoms with Crippen molar-refractivity contribution in [1.29, 1.82) is 0 Å². The van der Waals surface area contributed by atoms with Gasteiger partial charge in [0.2, 0.25) is 0 Å². The first-order chi connectivity index (χ1) is 10.6. The van der Waals surface area contributed by atoms with E-state index in [9.17, 15) is 27.6 Å². The van der Waals surface area contributed by atoms with E-state index in [1.54, 1.807) is 6.08 Å². The fourth-order valence-corrected chi connectivity index (χ4v) is 2.45. The van der Waals surface area contributed by atoms with Crippen LogP contribution in [0, 0.1) is 12.8 Å². The SMILES string of the molecule is CC1=CCCC(=O)C(C(=O)c2ccc(C(F)(F)F)nc2C)C1=O. The molecule has 23 heavy (non-hydrogen) atoms. The minimum Gasteiger partial charge on any atom is -0.298 e. The summed E-state index contributed by atoms with van der Waals surface area (Å²) < 4.78 is 37.9. The molecule has 1 unspecified atom stereocenters. The summed E-state index contributed by atoms with van der Waals surface area (Å²) in [5, 5.41) is 0. The van der Waals surface area contributed by atoms with Gasteiger partial charge >= 0.3 is 6.18 Å². The molecule has 7 heteroatoms. The summed E-state index contributed by atoms with van der Waals surface area (Å²) >= 11 is 0. The van der Waals surface area contributed by atoms with E-state index in [1.807, 2.05) is 0 Å². The van der Waals surface area contributed by atoms with Crippen LogP contribution in [0.4, 0.5) is 13.2 Å². The lowest BCUT2D eigenvalue weighted by Crippen LogP contribution is -2.32. The average molecular weight is 325 g/mol. The van der Waals surface area contributed by atoms with Crippen LogP contribution < -0.4 is 0 Å². The standard InChI is InChI=1S/C16H14F3NO3/c1-8-4-3-5-11(21)13(14(8)22)15(23)10-6-7-12(16(17,18)19)20-9(10)2/h4,6-7,13H,3,5H2,1-2H3. The van der Waals surface area contributed by atoms with E-state index >= 15 is 0 Å². The molecule has 1 heterocycles. The number of Topliss-reactive ketones (excluding diaryl/α,β-unsaturated/α-hetero) is 3. The van der Waals surface area contributed by atoms with Gasteiger partial charge < -0.3 is 0 Å². The monoisotopic (exact) mass is 325 g/mol. The summed E-state index contributed by atoms with van der Waals surface area (Å²) in [6, 6.07) is 1.65. The smallest absolute Gasteiger partial charge is 0.298 e. The van der Waals surface area contributed by atoms with Gasteiger partial charge in [-0.15, -0.1) is 0 Å². The van der Waals surface area contributed by atoms with E-state index in [1.165, 1.54) is 13.8 Å². The van der Waals surface area contributed by atoms with Crippen molar-refractivity contribution in [2.75, 3.05) is 0 Å². The summed E-state index contributed by atoms with van der Waals surface area (Å²) in [7, 11) is 0. The van der Waals surface area contributed by atoms with Gasteiger partial charge in [0.25, 0.3) is 0 Å². The Morgan fingerprint density at radius 1 is 1.22 bits per heavy atom. The van der Waals surface area contributed by atoms with Crippen LogP contribution in [0.1, 0.15) is 41.5 Å². The summed E-state index contributed by atoms with van der Waals surface area (Å²) in [4.78, 5) is 40.1. The number of aryl methyl sites for hydroxylation is 1. The molecule has 0 aromatic carbocycles. The molecule has 0 radical (unpaired) electrons. The van der Waals surface area contributed by atoms with Crippen molar-refractivity contribution in [3.8, 4) is 0 Å². The molecule has 0 aliphatic heterocycles. The molecule has 0 spiro atoms. The van der Waals surface area contributed by atoms with Crippen molar-refractivity contribution < 1.29 is 27.6 Å². The van der Waals surface area contributed by atoms with Crippen LogP contribution in [0.15, 0.2) is 23.8 Å². The zero-order valence-corrected chi connectivity index (χ0v) is 12.5. The Morgan fingerprint density at radius 3 is 2.43 bits per heavy atom. The maximum atomic E-state index is 12.6. The van der Waals surface area contributed by atoms with E-state index in [0.717, 1.165) is 6.07 Å². The predicted molar refractivity (Wildman–Crippen MR) is 74.8 cm³/mol. The molecule has 0 bridgehead atoms. The molecule has 1 atom stereocenters. The third-order valence-corrected chi connectivity index (χ3v) is 3.72. The first kappa shape index (κ1) is 17.1. The molecular weight excluding hydrogens is 311 g/mol. The molecule has 2 rings (SSSR count). The number of ketones is 3. The highest BCUT2D eigenvalue weighted by atomic mass is 19.4. The number of allylic oxidation sites excluding steroid dienone is 2. The van der Waals surface area contributed by atoms with Crippen LogP contribution >= 0.6 is 0 Å². The Labute approximate surface area is 130 Å². The van der Waals surface area contributed by atoms with Gasteiger partial charge in [0.05, 0.1) is 0 Å². The highest BCUT2D eigenvalue weighted by molar-refractivity contribution is 6.28. The molecule has 1 aliphatic rings. The lowest BCUT2D eigenvalue weighted by molar-refractivity contribution is -0.141. The third kappa shape index (κ3) is 3.38. The Bertz CT molecular complexity index is 720. The first-order valence-electron chi connectivity index (χ1n) is 6.95. The van der Waals surface area contributed by atoms with Crippen LogP contribution in [0.5, 0.6) is 0 Å². The second-order valence-corrected chi connectivity index (χ2v) is 5.38. The number of halogens is 3. The molecule has 1 aromatic heterocycles. The van der Waals surface area contributed by atoms with Crippen LogP contribution in [0.3, 0.4) is 0 Å². The average Bonchev–Trinajstić information content (AvgIpc) is 2.57. The number of carbonyl (C=O) groups is 3. The van der Waals surface area contributed by atoms with Gasteiger partial charge in [-0.2, -0.15) is 13.2 Å². The molecule has 1 aromatic rings. The zero-order valence-electron chi connectivity index (χ0n) is 12.5. The van der Waals surface area contributed by atoms with E-state index < -0.39 is 35.1 Å². The maximum absolute atomic E-state index is 12.6. The number of nitrogens with zero attached hydrogens (tertiary/aromatic N) is 1. The number of carbonyl (C=O) groups excluding carboxylic acids is 3. The Balaban J connectivity index is 2.42. The van der Waals surface area contributed by atoms with E-state index in [-0.39, 0.29) is 17.7 Å². The Kier molecular flexibility index (Phi) is 4.49. The van der Waals surface area contributed by atoms with Gasteiger partial charge in [-0.05, 0) is 38.0 Å². The second-order valence-electron chi connectivity index (χ2n) is 5.38. The minimum atomic E-state index is -4.63. The fraction of sp³-hybridized carbons (Fsp3) is 0.375. The summed E-state index contributed by atoms with van der Waals surface area (Å²) in [6.45, 7) is 2.76. The molecule has 0 N–H and O–H groups in total. The van der Waals surface area contributed by atoms with Gasteiger partial charge in [-0.1, -0.05) is 6.08 Å². The lowest BCUT2D eigenvalue weighted by atomic mass is 9.87. The number of pyridine rings is 1. The molecule has 4 nitrogen and oxygen atoms in total. The number of hydrogen-bond acceptors (Lipinski definition) is 4. The number of aromatic nitrogens is 1. The molecule has 1 aliphatic carbocycles. The van der Waals surface area contributed by atoms with Crippen molar-refractivity contribution in [2.24, 2.45) is 5.92 Å². The van der Waals surface area contributed by atoms with Crippen molar-refractivity contribution in [3.05, 3.63) is 40.7 Å². The van der Waals surface area contributed by atoms with Gasteiger partial charge in [0.15, 0.2) is 17.3 Å². The predicted octanol–water partition coefficient (Wildman–Crippen LogP) is 3.09. The quantitative estimate of drug-likeness (QED) is 0.619. The molecular formula is C16H14F3NO3. The largest absolute Gasteiger partial charge is 0.433 e. The molecule has 0 saturated heterocycles. The van der Waals surface area contributed by atoms with E-state index in [0.29, 0.717) is 18.1 Å². The minimum absolute atomic E-state index is 0.0482. The Morgan fingerprint density at radius 2 is 1.87 bits per heavy atom. The van der Waals surface area contributed by atoms with Gasteiger partial charge in [0, 0.05) is 17.7 Å². The molecule has 0 saturated carbocycles. The normalized spacial score (nSPS) is 19.3. The fourth-order valence-electron chi connectivity index (χ4n) is 2.45. The van der Waals surface area contributed by atoms with Crippen molar-refractivity contribution in [3.63, 3.8) is 0 Å². The highest BCUT2D eigenvalue weighted by Crippen LogP contribution is 2.29. The van der Waals surface area contributed by atoms with Gasteiger partial charge in [-0.25, -0.2) is 4.98 Å². The lowest BCUT2D eigenvalue weighted by Gasteiger charge is -2.14. The van der Waals surface area contributed by atoms with Crippen LogP contribution in [-0.4, -0.2) is 22.3 Å². The van der Waals surface area contributed by atoms with E-state index in [4.69, 9.17) is 0 Å². The molecule has 0 fully saturated rings. The zero-order chi connectivity index (χ0) is 17.4. The van der Waals surface area contributed by atoms with Gasteiger partial charge in [0.1, 0.15) is 11.6 Å². The second kappa shape index (κ2) is 6.06. The Hall–Kier alpha value is -2.31. The van der Waals surface area contributed by atoms with Crippen LogP contribution in [0.25, 0.3) is 0 Å². The molecule has 0 amide bonds. The van der Waals surface area contributed by atoms with Crippen molar-refractivity contribution >= 4 is 17.3 Å². The van der Waals surface area contributed by atoms with E-state index in [2.05, 4.69) is 4.98 Å². The van der Waals surface area contributed by atoms with Crippen LogP contribution in [0.2, 0.25) is 0 Å². The summed E-state index contributed by atoms with van der Waals surface area (Å²) in [6.07, 6.45) is -2.62. The number of alkyl halides is 3. The third-order valence-electron chi connectivity index (χ3n) is 3.72. The summed E-state index contributed by atoms with van der Waals surface area (Å²) in [5.41, 5.74) is -1.11. The van der Waals surface area contributed by atoms with Crippen molar-refractivity contribution in [1.82, 2.24) is 4.98 Å². The van der Waals surface area contributed by atoms with Crippen molar-refractivity contribution in [2.45, 2.75) is 32.9 Å². The molecule has 122 valence electrons. The first-order valence-corrected chi connectivity index (χ1v) is 6.95. The van der Waals surface area contributed by atoms with Gasteiger partial charge in [-0.3, -0.25) is 14.4 Å². The number of rotatable bonds is 2. The topological polar surface area (TPSA) is 64.1 Å². The highest BCUT2D eigenvalue weighted by Gasteiger charge is 2.38.